The Morgan fingerprint density at radius 2 is 1.75 bits per heavy atom. The Hall–Kier alpha value is -2.73. The highest BCUT2D eigenvalue weighted by atomic mass is 35.5. The molecule has 0 radical (unpaired) electrons. The van der Waals surface area contributed by atoms with Crippen LogP contribution in [0.25, 0.3) is 0 Å². The molecular weight excluding hydrogens is 426 g/mol. The Morgan fingerprint density at radius 3 is 2.41 bits per heavy atom. The molecule has 7 heteroatoms. The smallest absolute Gasteiger partial charge is 0.408 e. The van der Waals surface area contributed by atoms with Crippen LogP contribution in [-0.2, 0) is 22.4 Å². The second kappa shape index (κ2) is 11.2. The fourth-order valence-corrected chi connectivity index (χ4v) is 4.25. The van der Waals surface area contributed by atoms with Gasteiger partial charge < -0.3 is 20.3 Å². The number of alkyl halides is 1. The highest BCUT2D eigenvalue weighted by molar-refractivity contribution is 6.17. The Labute approximate surface area is 195 Å². The van der Waals surface area contributed by atoms with E-state index in [9.17, 15) is 9.59 Å². The van der Waals surface area contributed by atoms with Crippen LogP contribution < -0.4 is 15.5 Å². The lowest BCUT2D eigenvalue weighted by Gasteiger charge is -2.37. The quantitative estimate of drug-likeness (QED) is 0.421. The molecule has 0 fully saturated rings. The Kier molecular flexibility index (Phi) is 8.39. The molecule has 2 aromatic carbocycles. The van der Waals surface area contributed by atoms with Crippen LogP contribution in [0.4, 0.5) is 16.2 Å². The summed E-state index contributed by atoms with van der Waals surface area (Å²) in [7, 11) is 0. The van der Waals surface area contributed by atoms with Crippen molar-refractivity contribution in [3.8, 4) is 0 Å². The number of nitrogens with one attached hydrogen (secondary N) is 2. The van der Waals surface area contributed by atoms with Crippen molar-refractivity contribution >= 4 is 35.0 Å². The van der Waals surface area contributed by atoms with Gasteiger partial charge in [0.1, 0.15) is 5.54 Å². The maximum Gasteiger partial charge on any atom is 0.408 e. The Morgan fingerprint density at radius 1 is 1.06 bits per heavy atom. The number of benzene rings is 2. The van der Waals surface area contributed by atoms with E-state index in [1.807, 2.05) is 42.5 Å². The van der Waals surface area contributed by atoms with Crippen LogP contribution in [-0.4, -0.2) is 43.1 Å². The Bertz CT molecular complexity index is 915. The van der Waals surface area contributed by atoms with Gasteiger partial charge in [0.05, 0.1) is 6.61 Å². The van der Waals surface area contributed by atoms with E-state index in [1.54, 1.807) is 0 Å². The van der Waals surface area contributed by atoms with Gasteiger partial charge in [-0.2, -0.15) is 0 Å². The summed E-state index contributed by atoms with van der Waals surface area (Å²) in [4.78, 5) is 28.2. The third-order valence-electron chi connectivity index (χ3n) is 5.97. The van der Waals surface area contributed by atoms with Crippen molar-refractivity contribution in [2.75, 3.05) is 35.8 Å². The molecule has 1 unspecified atom stereocenters. The van der Waals surface area contributed by atoms with Gasteiger partial charge in [-0.25, -0.2) is 4.79 Å². The van der Waals surface area contributed by atoms with Crippen molar-refractivity contribution in [3.05, 3.63) is 59.7 Å². The van der Waals surface area contributed by atoms with Crippen LogP contribution in [0.2, 0.25) is 0 Å². The summed E-state index contributed by atoms with van der Waals surface area (Å²) in [5.41, 5.74) is 2.99. The first kappa shape index (κ1) is 23.9. The number of halogens is 1. The number of fused-ring (bicyclic) bond motifs is 1. The minimum absolute atomic E-state index is 0.219. The second-order valence-electron chi connectivity index (χ2n) is 8.00. The summed E-state index contributed by atoms with van der Waals surface area (Å²) in [5.74, 6) is 0.173. The van der Waals surface area contributed by atoms with Gasteiger partial charge in [0.15, 0.2) is 0 Å². The summed E-state index contributed by atoms with van der Waals surface area (Å²) in [6, 6.07) is 15.8. The van der Waals surface area contributed by atoms with Gasteiger partial charge in [-0.15, -0.1) is 11.6 Å². The number of amides is 2. The van der Waals surface area contributed by atoms with Gasteiger partial charge in [-0.1, -0.05) is 24.3 Å². The largest absolute Gasteiger partial charge is 0.449 e. The lowest BCUT2D eigenvalue weighted by molar-refractivity contribution is -0.122. The molecule has 2 aromatic rings. The lowest BCUT2D eigenvalue weighted by atomic mass is 9.77. The molecule has 0 spiro atoms. The topological polar surface area (TPSA) is 70.7 Å². The normalized spacial score (nSPS) is 17.2. The van der Waals surface area contributed by atoms with E-state index in [-0.39, 0.29) is 12.5 Å². The van der Waals surface area contributed by atoms with Crippen LogP contribution in [0.15, 0.2) is 48.5 Å². The maximum atomic E-state index is 13.5. The van der Waals surface area contributed by atoms with Gasteiger partial charge in [0, 0.05) is 36.8 Å². The van der Waals surface area contributed by atoms with E-state index in [0.717, 1.165) is 24.3 Å². The van der Waals surface area contributed by atoms with E-state index < -0.39 is 11.6 Å². The van der Waals surface area contributed by atoms with E-state index in [0.29, 0.717) is 37.3 Å². The molecule has 172 valence electrons. The molecule has 3 rings (SSSR count). The van der Waals surface area contributed by atoms with Crippen LogP contribution >= 0.6 is 11.6 Å². The van der Waals surface area contributed by atoms with Crippen molar-refractivity contribution in [3.63, 3.8) is 0 Å². The molecule has 0 bridgehead atoms. The molecule has 0 saturated carbocycles. The van der Waals surface area contributed by atoms with Crippen LogP contribution in [0.1, 0.15) is 37.8 Å². The predicted molar refractivity (Wildman–Crippen MR) is 130 cm³/mol. The molecule has 0 heterocycles. The van der Waals surface area contributed by atoms with Crippen LogP contribution in [0, 0.1) is 0 Å². The first-order valence-corrected chi connectivity index (χ1v) is 11.8. The number of hydrogen-bond donors (Lipinski definition) is 2. The predicted octanol–water partition coefficient (Wildman–Crippen LogP) is 4.75. The molecular formula is C25H32ClN3O3. The van der Waals surface area contributed by atoms with Gasteiger partial charge in [-0.05, 0) is 68.5 Å². The SMILES string of the molecule is CCN(CC)c1ccc(NC(=O)C2(NC(=O)OCCCCl)CCc3ccccc3C2)cc1. The fourth-order valence-electron chi connectivity index (χ4n) is 4.14. The third-order valence-corrected chi connectivity index (χ3v) is 6.24. The van der Waals surface area contributed by atoms with E-state index >= 15 is 0 Å². The maximum absolute atomic E-state index is 13.5. The summed E-state index contributed by atoms with van der Waals surface area (Å²) in [5, 5.41) is 5.88. The molecule has 32 heavy (non-hydrogen) atoms. The number of carbonyl (C=O) groups is 2. The molecule has 2 amide bonds. The number of aryl methyl sites for hydroxylation is 1. The van der Waals surface area contributed by atoms with Gasteiger partial charge >= 0.3 is 6.09 Å². The standard InChI is InChI=1S/C25H32ClN3O3/c1-3-29(4-2)22-12-10-21(11-13-22)27-23(30)25(28-24(31)32-17-7-16-26)15-14-19-8-5-6-9-20(19)18-25/h5-6,8-13H,3-4,7,14-18H2,1-2H3,(H,27,30)(H,28,31). The summed E-state index contributed by atoms with van der Waals surface area (Å²) in [6.45, 7) is 6.28. The van der Waals surface area contributed by atoms with Crippen molar-refractivity contribution in [1.29, 1.82) is 0 Å². The molecule has 0 saturated heterocycles. The minimum Gasteiger partial charge on any atom is -0.449 e. The molecule has 6 nitrogen and oxygen atoms in total. The zero-order valence-corrected chi connectivity index (χ0v) is 19.6. The molecule has 2 N–H and O–H groups in total. The summed E-state index contributed by atoms with van der Waals surface area (Å²) < 4.78 is 5.25. The average molecular weight is 458 g/mol. The van der Waals surface area contributed by atoms with Gasteiger partial charge in [0.25, 0.3) is 5.91 Å². The zero-order valence-electron chi connectivity index (χ0n) is 18.8. The van der Waals surface area contributed by atoms with Crippen LogP contribution in [0.5, 0.6) is 0 Å². The molecule has 0 aliphatic heterocycles. The first-order chi connectivity index (χ1) is 15.5. The van der Waals surface area contributed by atoms with Gasteiger partial charge in [0.2, 0.25) is 0 Å². The fraction of sp³-hybridized carbons (Fsp3) is 0.440. The highest BCUT2D eigenvalue weighted by Crippen LogP contribution is 2.30. The number of alkyl carbamates (subject to hydrolysis) is 1. The minimum atomic E-state index is -1.08. The molecule has 0 aromatic heterocycles. The molecule has 1 aliphatic carbocycles. The highest BCUT2D eigenvalue weighted by Gasteiger charge is 2.43. The Balaban J connectivity index is 1.78. The lowest BCUT2D eigenvalue weighted by Crippen LogP contribution is -2.60. The number of carbonyl (C=O) groups excluding carboxylic acids is 2. The number of rotatable bonds is 9. The van der Waals surface area contributed by atoms with Gasteiger partial charge in [-0.3, -0.25) is 4.79 Å². The van der Waals surface area contributed by atoms with Crippen molar-refractivity contribution < 1.29 is 14.3 Å². The zero-order chi connectivity index (χ0) is 23.0. The first-order valence-electron chi connectivity index (χ1n) is 11.3. The number of ether oxygens (including phenoxy) is 1. The number of anilines is 2. The van der Waals surface area contributed by atoms with Crippen molar-refractivity contribution in [1.82, 2.24) is 5.32 Å². The molecule has 1 atom stereocenters. The summed E-state index contributed by atoms with van der Waals surface area (Å²) >= 11 is 5.67. The monoisotopic (exact) mass is 457 g/mol. The van der Waals surface area contributed by atoms with E-state index in [2.05, 4.69) is 35.4 Å². The van der Waals surface area contributed by atoms with Crippen molar-refractivity contribution in [2.24, 2.45) is 0 Å². The number of hydrogen-bond acceptors (Lipinski definition) is 4. The van der Waals surface area contributed by atoms with Crippen LogP contribution in [0.3, 0.4) is 0 Å². The van der Waals surface area contributed by atoms with E-state index in [4.69, 9.17) is 16.3 Å². The summed E-state index contributed by atoms with van der Waals surface area (Å²) in [6.07, 6.45) is 1.58. The number of nitrogens with zero attached hydrogens (tertiary/aromatic N) is 1. The molecule has 1 aliphatic rings. The second-order valence-corrected chi connectivity index (χ2v) is 8.38. The van der Waals surface area contributed by atoms with E-state index in [1.165, 1.54) is 5.56 Å². The van der Waals surface area contributed by atoms with Crippen molar-refractivity contribution in [2.45, 2.75) is 45.1 Å². The third kappa shape index (κ3) is 5.74. The average Bonchev–Trinajstić information content (AvgIpc) is 2.81.